The van der Waals surface area contributed by atoms with Crippen LogP contribution in [0.5, 0.6) is 0 Å². The van der Waals surface area contributed by atoms with Crippen LogP contribution in [0, 0.1) is 6.92 Å². The summed E-state index contributed by atoms with van der Waals surface area (Å²) in [5.41, 5.74) is 4.43. The van der Waals surface area contributed by atoms with Crippen LogP contribution in [0.3, 0.4) is 0 Å². The summed E-state index contributed by atoms with van der Waals surface area (Å²) in [6.07, 6.45) is 1.22. The Hall–Kier alpha value is -3.31. The fourth-order valence-electron chi connectivity index (χ4n) is 3.86. The number of amides is 3. The summed E-state index contributed by atoms with van der Waals surface area (Å²) in [6, 6.07) is 21.8. The highest BCUT2D eigenvalue weighted by Gasteiger charge is 2.31. The van der Waals surface area contributed by atoms with Gasteiger partial charge >= 0.3 is 6.03 Å². The van der Waals surface area contributed by atoms with Gasteiger partial charge < -0.3 is 15.5 Å². The zero-order valence-electron chi connectivity index (χ0n) is 17.3. The van der Waals surface area contributed by atoms with Crippen LogP contribution in [0.4, 0.5) is 16.2 Å². The largest absolute Gasteiger partial charge is 0.326 e. The Morgan fingerprint density at radius 3 is 2.55 bits per heavy atom. The molecule has 1 aliphatic rings. The van der Waals surface area contributed by atoms with Crippen molar-refractivity contribution < 1.29 is 9.59 Å². The molecule has 1 atom stereocenters. The first kappa shape index (κ1) is 20.9. The van der Waals surface area contributed by atoms with Gasteiger partial charge in [-0.3, -0.25) is 4.79 Å². The first-order valence-electron chi connectivity index (χ1n) is 10.3. The monoisotopic (exact) mass is 433 g/mol. The Labute approximate surface area is 187 Å². The second-order valence-electron chi connectivity index (χ2n) is 7.62. The van der Waals surface area contributed by atoms with Crippen molar-refractivity contribution in [1.29, 1.82) is 0 Å². The Morgan fingerprint density at radius 1 is 1.00 bits per heavy atom. The molecule has 1 aliphatic heterocycles. The van der Waals surface area contributed by atoms with Gasteiger partial charge in [-0.25, -0.2) is 4.79 Å². The maximum Gasteiger partial charge on any atom is 0.319 e. The number of para-hydroxylation sites is 1. The second kappa shape index (κ2) is 9.23. The van der Waals surface area contributed by atoms with Crippen LogP contribution < -0.4 is 15.5 Å². The van der Waals surface area contributed by atoms with Gasteiger partial charge in [-0.1, -0.05) is 66.2 Å². The van der Waals surface area contributed by atoms with Gasteiger partial charge in [-0.2, -0.15) is 0 Å². The van der Waals surface area contributed by atoms with E-state index in [9.17, 15) is 9.59 Å². The molecule has 0 aromatic heterocycles. The van der Waals surface area contributed by atoms with Crippen molar-refractivity contribution in [3.05, 3.63) is 94.5 Å². The van der Waals surface area contributed by atoms with Crippen molar-refractivity contribution in [2.45, 2.75) is 25.8 Å². The van der Waals surface area contributed by atoms with Crippen molar-refractivity contribution in [2.24, 2.45) is 0 Å². The van der Waals surface area contributed by atoms with Gasteiger partial charge in [0, 0.05) is 29.4 Å². The summed E-state index contributed by atoms with van der Waals surface area (Å²) in [7, 11) is 0. The number of urea groups is 1. The van der Waals surface area contributed by atoms with Gasteiger partial charge in [0.15, 0.2) is 0 Å². The molecule has 1 heterocycles. The number of rotatable bonds is 5. The third-order valence-electron chi connectivity index (χ3n) is 5.56. The standard InChI is InChI=1S/C25H24ClN3O2/c1-17-20(26)11-7-12-21(17)27-25(31)28-22(16-18-8-3-2-4-9-18)24(30)29-15-14-19-10-5-6-13-23(19)29/h2-13,22H,14-16H2,1H3,(H2,27,28,31)/t22-/m0/s1. The van der Waals surface area contributed by atoms with Crippen LogP contribution in [-0.4, -0.2) is 24.5 Å². The van der Waals surface area contributed by atoms with E-state index in [4.69, 9.17) is 11.6 Å². The average Bonchev–Trinajstić information content (AvgIpc) is 3.21. The van der Waals surface area contributed by atoms with Crippen LogP contribution in [0.2, 0.25) is 5.02 Å². The normalized spacial score (nSPS) is 13.4. The molecule has 0 fully saturated rings. The molecule has 0 radical (unpaired) electrons. The minimum atomic E-state index is -0.701. The number of halogens is 1. The van der Waals surface area contributed by atoms with E-state index in [1.807, 2.05) is 61.5 Å². The third-order valence-corrected chi connectivity index (χ3v) is 5.96. The Balaban J connectivity index is 1.55. The predicted octanol–water partition coefficient (Wildman–Crippen LogP) is 4.97. The lowest BCUT2D eigenvalue weighted by Crippen LogP contribution is -2.50. The van der Waals surface area contributed by atoms with E-state index in [0.29, 0.717) is 23.7 Å². The number of fused-ring (bicyclic) bond motifs is 1. The van der Waals surface area contributed by atoms with Crippen molar-refractivity contribution in [3.63, 3.8) is 0 Å². The lowest BCUT2D eigenvalue weighted by Gasteiger charge is -2.25. The summed E-state index contributed by atoms with van der Waals surface area (Å²) in [6.45, 7) is 2.45. The van der Waals surface area contributed by atoms with E-state index in [1.165, 1.54) is 0 Å². The number of hydrogen-bond donors (Lipinski definition) is 2. The first-order chi connectivity index (χ1) is 15.0. The Morgan fingerprint density at radius 2 is 1.74 bits per heavy atom. The zero-order valence-corrected chi connectivity index (χ0v) is 18.0. The molecule has 158 valence electrons. The van der Waals surface area contributed by atoms with E-state index < -0.39 is 12.1 Å². The number of hydrogen-bond acceptors (Lipinski definition) is 2. The number of anilines is 2. The van der Waals surface area contributed by atoms with Crippen LogP contribution >= 0.6 is 11.6 Å². The molecule has 3 aromatic carbocycles. The average molecular weight is 434 g/mol. The number of carbonyl (C=O) groups is 2. The fraction of sp³-hybridized carbons (Fsp3) is 0.200. The molecule has 0 saturated carbocycles. The lowest BCUT2D eigenvalue weighted by atomic mass is 10.0. The first-order valence-corrected chi connectivity index (χ1v) is 10.7. The zero-order chi connectivity index (χ0) is 21.8. The molecule has 0 bridgehead atoms. The maximum atomic E-state index is 13.5. The van der Waals surface area contributed by atoms with E-state index >= 15 is 0 Å². The molecule has 0 aliphatic carbocycles. The van der Waals surface area contributed by atoms with Gasteiger partial charge in [0.25, 0.3) is 0 Å². The summed E-state index contributed by atoms with van der Waals surface area (Å²) in [4.78, 5) is 28.1. The number of benzene rings is 3. The van der Waals surface area contributed by atoms with Gasteiger partial charge in [0.05, 0.1) is 0 Å². The third kappa shape index (κ3) is 4.72. The molecule has 5 nitrogen and oxygen atoms in total. The molecule has 3 aromatic rings. The lowest BCUT2D eigenvalue weighted by molar-refractivity contribution is -0.120. The van der Waals surface area contributed by atoms with E-state index in [2.05, 4.69) is 10.6 Å². The molecule has 0 spiro atoms. The SMILES string of the molecule is Cc1c(Cl)cccc1NC(=O)N[C@@H](Cc1ccccc1)C(=O)N1CCc2ccccc21. The molecular formula is C25H24ClN3O2. The second-order valence-corrected chi connectivity index (χ2v) is 8.03. The molecular weight excluding hydrogens is 410 g/mol. The van der Waals surface area contributed by atoms with Crippen molar-refractivity contribution in [3.8, 4) is 0 Å². The van der Waals surface area contributed by atoms with Crippen LogP contribution in [0.15, 0.2) is 72.8 Å². The van der Waals surface area contributed by atoms with Crippen molar-refractivity contribution >= 4 is 34.9 Å². The molecule has 6 heteroatoms. The molecule has 3 amide bonds. The summed E-state index contributed by atoms with van der Waals surface area (Å²) >= 11 is 6.16. The van der Waals surface area contributed by atoms with Gasteiger partial charge in [-0.05, 0) is 48.2 Å². The van der Waals surface area contributed by atoms with E-state index in [0.717, 1.165) is 28.8 Å². The number of nitrogens with zero attached hydrogens (tertiary/aromatic N) is 1. The van der Waals surface area contributed by atoms with Gasteiger partial charge in [-0.15, -0.1) is 0 Å². The molecule has 2 N–H and O–H groups in total. The van der Waals surface area contributed by atoms with E-state index in [-0.39, 0.29) is 5.91 Å². The minimum Gasteiger partial charge on any atom is -0.326 e. The van der Waals surface area contributed by atoms with Crippen LogP contribution in [0.25, 0.3) is 0 Å². The fourth-order valence-corrected chi connectivity index (χ4v) is 4.04. The highest BCUT2D eigenvalue weighted by atomic mass is 35.5. The maximum absolute atomic E-state index is 13.5. The van der Waals surface area contributed by atoms with Crippen LogP contribution in [0.1, 0.15) is 16.7 Å². The Kier molecular flexibility index (Phi) is 6.23. The van der Waals surface area contributed by atoms with Gasteiger partial charge in [0.2, 0.25) is 5.91 Å². The Bertz CT molecular complexity index is 1100. The number of nitrogens with one attached hydrogen (secondary N) is 2. The minimum absolute atomic E-state index is 0.119. The summed E-state index contributed by atoms with van der Waals surface area (Å²) in [5.74, 6) is -0.119. The topological polar surface area (TPSA) is 61.4 Å². The predicted molar refractivity (Wildman–Crippen MR) is 125 cm³/mol. The highest BCUT2D eigenvalue weighted by Crippen LogP contribution is 2.28. The molecule has 0 unspecified atom stereocenters. The quantitative estimate of drug-likeness (QED) is 0.596. The molecule has 4 rings (SSSR count). The summed E-state index contributed by atoms with van der Waals surface area (Å²) in [5, 5.41) is 6.28. The van der Waals surface area contributed by atoms with Gasteiger partial charge in [0.1, 0.15) is 6.04 Å². The number of carbonyl (C=O) groups excluding carboxylic acids is 2. The summed E-state index contributed by atoms with van der Waals surface area (Å²) < 4.78 is 0. The van der Waals surface area contributed by atoms with Crippen LogP contribution in [-0.2, 0) is 17.6 Å². The van der Waals surface area contributed by atoms with E-state index in [1.54, 1.807) is 23.1 Å². The van der Waals surface area contributed by atoms with Crippen molar-refractivity contribution in [2.75, 3.05) is 16.8 Å². The highest BCUT2D eigenvalue weighted by molar-refractivity contribution is 6.31. The molecule has 31 heavy (non-hydrogen) atoms. The smallest absolute Gasteiger partial charge is 0.319 e. The molecule has 0 saturated heterocycles. The van der Waals surface area contributed by atoms with Crippen molar-refractivity contribution in [1.82, 2.24) is 5.32 Å².